The molecule has 2 N–H and O–H groups in total. The molecule has 0 saturated carbocycles. The molecule has 0 aromatic heterocycles. The van der Waals surface area contributed by atoms with Crippen LogP contribution in [0.15, 0.2) is 18.2 Å². The number of carbonyl (C=O) groups is 1. The molecule has 0 atom stereocenters. The first-order valence-electron chi connectivity index (χ1n) is 6.75. The van der Waals surface area contributed by atoms with Crippen LogP contribution in [0.1, 0.15) is 18.4 Å². The Labute approximate surface area is 120 Å². The van der Waals surface area contributed by atoms with Crippen LogP contribution in [0.4, 0.5) is 24.5 Å². The lowest BCUT2D eigenvalue weighted by molar-refractivity contribution is -0.174. The highest BCUT2D eigenvalue weighted by Gasteiger charge is 2.27. The van der Waals surface area contributed by atoms with Gasteiger partial charge < -0.3 is 15.4 Å². The Bertz CT molecular complexity index is 503. The number of halogens is 3. The molecule has 0 radical (unpaired) electrons. The second-order valence-corrected chi connectivity index (χ2v) is 4.87. The van der Waals surface area contributed by atoms with Gasteiger partial charge in [-0.1, -0.05) is 6.07 Å². The van der Waals surface area contributed by atoms with Crippen LogP contribution < -0.4 is 10.6 Å². The third-order valence-electron chi connectivity index (χ3n) is 3.07. The number of amides is 1. The summed E-state index contributed by atoms with van der Waals surface area (Å²) in [6.07, 6.45) is -2.39. The number of aryl methyl sites for hydroxylation is 1. The van der Waals surface area contributed by atoms with Gasteiger partial charge in [-0.3, -0.25) is 4.79 Å². The van der Waals surface area contributed by atoms with Gasteiger partial charge in [-0.05, 0) is 30.5 Å². The largest absolute Gasteiger partial charge is 0.411 e. The van der Waals surface area contributed by atoms with Gasteiger partial charge >= 0.3 is 6.18 Å². The maximum absolute atomic E-state index is 11.9. The van der Waals surface area contributed by atoms with Crippen molar-refractivity contribution in [2.24, 2.45) is 0 Å². The van der Waals surface area contributed by atoms with E-state index in [2.05, 4.69) is 15.4 Å². The van der Waals surface area contributed by atoms with Gasteiger partial charge in [0.25, 0.3) is 0 Å². The first-order valence-corrected chi connectivity index (χ1v) is 6.75. The second kappa shape index (κ2) is 6.80. The molecule has 0 unspecified atom stereocenters. The molecule has 1 aliphatic heterocycles. The van der Waals surface area contributed by atoms with Crippen molar-refractivity contribution in [1.82, 2.24) is 0 Å². The summed E-state index contributed by atoms with van der Waals surface area (Å²) in [5, 5.41) is 5.89. The summed E-state index contributed by atoms with van der Waals surface area (Å²) < 4.78 is 40.0. The second-order valence-electron chi connectivity index (χ2n) is 4.87. The van der Waals surface area contributed by atoms with Crippen LogP contribution in [0.5, 0.6) is 0 Å². The minimum absolute atomic E-state index is 0.111. The highest BCUT2D eigenvalue weighted by molar-refractivity contribution is 5.91. The fourth-order valence-electron chi connectivity index (χ4n) is 2.11. The van der Waals surface area contributed by atoms with Crippen LogP contribution in [0.3, 0.4) is 0 Å². The summed E-state index contributed by atoms with van der Waals surface area (Å²) in [6, 6.07) is 5.57. The number of alkyl halides is 3. The third-order valence-corrected chi connectivity index (χ3v) is 3.07. The molecule has 1 aromatic rings. The number of fused-ring (bicyclic) bond motifs is 1. The van der Waals surface area contributed by atoms with Crippen LogP contribution in [0.2, 0.25) is 0 Å². The zero-order valence-corrected chi connectivity index (χ0v) is 11.4. The summed E-state index contributed by atoms with van der Waals surface area (Å²) in [5.41, 5.74) is 2.82. The van der Waals surface area contributed by atoms with Crippen molar-refractivity contribution in [1.29, 1.82) is 0 Å². The summed E-state index contributed by atoms with van der Waals surface area (Å²) in [7, 11) is 0. The molecule has 1 aromatic carbocycles. The molecule has 0 aliphatic carbocycles. The van der Waals surface area contributed by atoms with Crippen LogP contribution in [0, 0.1) is 0 Å². The van der Waals surface area contributed by atoms with Crippen molar-refractivity contribution < 1.29 is 22.7 Å². The molecule has 0 bridgehead atoms. The molecular weight excluding hydrogens is 285 g/mol. The van der Waals surface area contributed by atoms with E-state index in [-0.39, 0.29) is 18.9 Å². The van der Waals surface area contributed by atoms with E-state index in [1.807, 2.05) is 12.1 Å². The maximum atomic E-state index is 11.9. The topological polar surface area (TPSA) is 50.4 Å². The zero-order valence-electron chi connectivity index (χ0n) is 11.4. The minimum Gasteiger partial charge on any atom is -0.385 e. The number of hydrogen-bond acceptors (Lipinski definition) is 3. The summed E-state index contributed by atoms with van der Waals surface area (Å²) >= 11 is 0. The quantitative estimate of drug-likeness (QED) is 0.822. The molecule has 0 saturated heterocycles. The molecule has 1 aliphatic rings. The lowest BCUT2D eigenvalue weighted by Crippen LogP contribution is -2.20. The third kappa shape index (κ3) is 5.26. The van der Waals surface area contributed by atoms with E-state index in [0.717, 1.165) is 25.1 Å². The Hall–Kier alpha value is -1.76. The van der Waals surface area contributed by atoms with Gasteiger partial charge in [0, 0.05) is 17.9 Å². The van der Waals surface area contributed by atoms with Crippen LogP contribution in [-0.4, -0.2) is 31.8 Å². The number of ether oxygens (including phenoxy) is 1. The van der Waals surface area contributed by atoms with E-state index in [4.69, 9.17) is 0 Å². The normalized spacial score (nSPS) is 14.2. The van der Waals surface area contributed by atoms with Gasteiger partial charge in [-0.2, -0.15) is 13.2 Å². The Kier molecular flexibility index (Phi) is 5.06. The van der Waals surface area contributed by atoms with Gasteiger partial charge in [0.05, 0.1) is 13.0 Å². The zero-order chi connectivity index (χ0) is 15.3. The van der Waals surface area contributed by atoms with E-state index in [9.17, 15) is 18.0 Å². The monoisotopic (exact) mass is 302 g/mol. The van der Waals surface area contributed by atoms with Crippen LogP contribution in [-0.2, 0) is 16.0 Å². The smallest absolute Gasteiger partial charge is 0.385 e. The Morgan fingerprint density at radius 2 is 2.19 bits per heavy atom. The van der Waals surface area contributed by atoms with Crippen LogP contribution >= 0.6 is 0 Å². The standard InChI is InChI=1S/C14H17F3N2O2/c15-14(16,17)9-21-7-5-13(20)19-11-4-3-10-2-1-6-18-12(10)8-11/h3-4,8,18H,1-2,5-7,9H2,(H,19,20). The van der Waals surface area contributed by atoms with Crippen molar-refractivity contribution in [3.05, 3.63) is 23.8 Å². The fraction of sp³-hybridized carbons (Fsp3) is 0.500. The summed E-state index contributed by atoms with van der Waals surface area (Å²) in [6.45, 7) is -0.687. The molecule has 1 heterocycles. The molecule has 1 amide bonds. The van der Waals surface area contributed by atoms with Gasteiger partial charge in [0.2, 0.25) is 5.91 Å². The van der Waals surface area contributed by atoms with Gasteiger partial charge in [-0.25, -0.2) is 0 Å². The first kappa shape index (κ1) is 15.6. The number of rotatable bonds is 5. The highest BCUT2D eigenvalue weighted by atomic mass is 19.4. The lowest BCUT2D eigenvalue weighted by Gasteiger charge is -2.18. The molecule has 2 rings (SSSR count). The molecule has 0 spiro atoms. The van der Waals surface area contributed by atoms with Crippen molar-refractivity contribution in [3.8, 4) is 0 Å². The van der Waals surface area contributed by atoms with Crippen LogP contribution in [0.25, 0.3) is 0 Å². The van der Waals surface area contributed by atoms with E-state index in [1.165, 1.54) is 5.56 Å². The highest BCUT2D eigenvalue weighted by Crippen LogP contribution is 2.25. The van der Waals surface area contributed by atoms with Crippen molar-refractivity contribution in [2.75, 3.05) is 30.4 Å². The number of anilines is 2. The summed E-state index contributed by atoms with van der Waals surface area (Å²) in [5.74, 6) is -0.368. The van der Waals surface area contributed by atoms with E-state index in [1.54, 1.807) is 6.07 Å². The van der Waals surface area contributed by atoms with Crippen molar-refractivity contribution in [3.63, 3.8) is 0 Å². The fourth-order valence-corrected chi connectivity index (χ4v) is 2.11. The van der Waals surface area contributed by atoms with E-state index in [0.29, 0.717) is 5.69 Å². The molecular formula is C14H17F3N2O2. The molecule has 21 heavy (non-hydrogen) atoms. The average Bonchev–Trinajstić information content (AvgIpc) is 2.42. The molecule has 4 nitrogen and oxygen atoms in total. The number of benzene rings is 1. The minimum atomic E-state index is -4.36. The SMILES string of the molecule is O=C(CCOCC(F)(F)F)Nc1ccc2c(c1)NCCC2. The predicted molar refractivity (Wildman–Crippen MR) is 73.4 cm³/mol. The summed E-state index contributed by atoms with van der Waals surface area (Å²) in [4.78, 5) is 11.6. The molecule has 116 valence electrons. The maximum Gasteiger partial charge on any atom is 0.411 e. The van der Waals surface area contributed by atoms with Crippen molar-refractivity contribution in [2.45, 2.75) is 25.4 Å². The Balaban J connectivity index is 1.77. The van der Waals surface area contributed by atoms with E-state index >= 15 is 0 Å². The predicted octanol–water partition coefficient (Wildman–Crippen LogP) is 2.95. The van der Waals surface area contributed by atoms with Gasteiger partial charge in [0.1, 0.15) is 6.61 Å². The lowest BCUT2D eigenvalue weighted by atomic mass is 10.0. The van der Waals surface area contributed by atoms with Gasteiger partial charge in [-0.15, -0.1) is 0 Å². The first-order chi connectivity index (χ1) is 9.94. The molecule has 7 heteroatoms. The van der Waals surface area contributed by atoms with Gasteiger partial charge in [0.15, 0.2) is 0 Å². The Morgan fingerprint density at radius 1 is 1.38 bits per heavy atom. The van der Waals surface area contributed by atoms with E-state index < -0.39 is 12.8 Å². The van der Waals surface area contributed by atoms with Crippen molar-refractivity contribution >= 4 is 17.3 Å². The molecule has 0 fully saturated rings. The average molecular weight is 302 g/mol. The number of hydrogen-bond donors (Lipinski definition) is 2. The Morgan fingerprint density at radius 3 is 2.95 bits per heavy atom. The number of nitrogens with one attached hydrogen (secondary N) is 2. The number of carbonyl (C=O) groups excluding carboxylic acids is 1.